The van der Waals surface area contributed by atoms with Gasteiger partial charge in [0.25, 0.3) is 5.56 Å². The van der Waals surface area contributed by atoms with Gasteiger partial charge in [0.1, 0.15) is 23.4 Å². The molecule has 35 heavy (non-hydrogen) atoms. The van der Waals surface area contributed by atoms with E-state index in [1.165, 1.54) is 23.9 Å². The molecule has 0 atom stereocenters. The monoisotopic (exact) mass is 496 g/mol. The van der Waals surface area contributed by atoms with Crippen molar-refractivity contribution in [3.05, 3.63) is 58.1 Å². The number of thioether (sulfide) groups is 1. The largest absolute Gasteiger partial charge is 0.493 e. The Morgan fingerprint density at radius 1 is 1.17 bits per heavy atom. The molecule has 0 radical (unpaired) electrons. The molecular weight excluding hydrogens is 471 g/mol. The predicted octanol–water partition coefficient (Wildman–Crippen LogP) is 3.36. The number of nitrogens with zero attached hydrogens (tertiary/aromatic N) is 3. The zero-order valence-corrected chi connectivity index (χ0v) is 20.3. The first kappa shape index (κ1) is 23.2. The molecule has 10 heteroatoms. The van der Waals surface area contributed by atoms with Crippen LogP contribution in [0.4, 0.5) is 4.39 Å². The van der Waals surface area contributed by atoms with Crippen molar-refractivity contribution in [2.24, 2.45) is 0 Å². The summed E-state index contributed by atoms with van der Waals surface area (Å²) in [4.78, 5) is 31.0. The first-order valence-corrected chi connectivity index (χ1v) is 12.3. The van der Waals surface area contributed by atoms with E-state index in [0.717, 1.165) is 17.7 Å². The van der Waals surface area contributed by atoms with Crippen molar-refractivity contribution in [1.29, 1.82) is 0 Å². The Hall–Kier alpha value is -3.53. The van der Waals surface area contributed by atoms with E-state index in [9.17, 15) is 14.0 Å². The average molecular weight is 497 g/mol. The molecule has 0 unspecified atom stereocenters. The van der Waals surface area contributed by atoms with Gasteiger partial charge in [0, 0.05) is 24.2 Å². The number of benzene rings is 2. The van der Waals surface area contributed by atoms with E-state index in [1.807, 2.05) is 18.2 Å². The number of ether oxygens (including phenoxy) is 2. The number of aromatic nitrogens is 3. The van der Waals surface area contributed by atoms with Crippen LogP contribution in [0, 0.1) is 5.82 Å². The van der Waals surface area contributed by atoms with Gasteiger partial charge in [-0.05, 0) is 48.7 Å². The zero-order valence-electron chi connectivity index (χ0n) is 19.5. The third kappa shape index (κ3) is 4.34. The van der Waals surface area contributed by atoms with Crippen molar-refractivity contribution in [1.82, 2.24) is 19.4 Å². The minimum Gasteiger partial charge on any atom is -0.493 e. The first-order chi connectivity index (χ1) is 17.0. The third-order valence-electron chi connectivity index (χ3n) is 6.13. The van der Waals surface area contributed by atoms with Crippen molar-refractivity contribution in [2.45, 2.75) is 31.1 Å². The molecule has 2 aromatic carbocycles. The Morgan fingerprint density at radius 2 is 2.00 bits per heavy atom. The lowest BCUT2D eigenvalue weighted by atomic mass is 10.1. The van der Waals surface area contributed by atoms with Crippen LogP contribution in [-0.4, -0.2) is 46.5 Å². The highest BCUT2D eigenvalue weighted by molar-refractivity contribution is 7.99. The zero-order chi connectivity index (χ0) is 24.5. The number of carbonyl (C=O) groups excluding carboxylic acids is 1. The molecule has 0 spiro atoms. The van der Waals surface area contributed by atoms with E-state index in [1.54, 1.807) is 29.4 Å². The molecule has 1 amide bonds. The molecule has 0 saturated heterocycles. The van der Waals surface area contributed by atoms with Gasteiger partial charge in [0.05, 0.1) is 19.7 Å². The number of carbonyl (C=O) groups is 1. The van der Waals surface area contributed by atoms with Crippen molar-refractivity contribution in [3.63, 3.8) is 0 Å². The van der Waals surface area contributed by atoms with E-state index in [4.69, 9.17) is 14.5 Å². The highest BCUT2D eigenvalue weighted by Crippen LogP contribution is 2.30. The highest BCUT2D eigenvalue weighted by atomic mass is 32.2. The standard InChI is InChI=1S/C25H25FN4O4S/c1-33-19-7-4-15(12-20(19)34-2)8-9-27-21(31)14-30-18-6-5-16(26)13-17(18)22-23(30)24(32)29-10-3-11-35-25(29)28-22/h4-7,12-13H,3,8-11,14H2,1-2H3,(H,27,31). The van der Waals surface area contributed by atoms with Crippen molar-refractivity contribution < 1.29 is 18.7 Å². The van der Waals surface area contributed by atoms with Crippen LogP contribution >= 0.6 is 11.8 Å². The molecule has 1 aliphatic rings. The summed E-state index contributed by atoms with van der Waals surface area (Å²) in [6, 6.07) is 9.92. The van der Waals surface area contributed by atoms with Gasteiger partial charge in [-0.1, -0.05) is 17.8 Å². The Bertz CT molecular complexity index is 1500. The number of halogens is 1. The van der Waals surface area contributed by atoms with Gasteiger partial charge < -0.3 is 19.4 Å². The van der Waals surface area contributed by atoms with Crippen molar-refractivity contribution in [2.75, 3.05) is 26.5 Å². The Labute approximate surface area is 205 Å². The van der Waals surface area contributed by atoms with Crippen LogP contribution in [0.1, 0.15) is 12.0 Å². The molecule has 3 heterocycles. The second kappa shape index (κ2) is 9.61. The molecule has 4 aromatic rings. The van der Waals surface area contributed by atoms with E-state index < -0.39 is 5.82 Å². The maximum absolute atomic E-state index is 14.1. The van der Waals surface area contributed by atoms with Gasteiger partial charge in [0.15, 0.2) is 16.7 Å². The fourth-order valence-corrected chi connectivity index (χ4v) is 5.39. The van der Waals surface area contributed by atoms with E-state index >= 15 is 0 Å². The summed E-state index contributed by atoms with van der Waals surface area (Å²) in [5.74, 6) is 1.49. The van der Waals surface area contributed by atoms with Gasteiger partial charge in [0.2, 0.25) is 5.91 Å². The number of nitrogens with one attached hydrogen (secondary N) is 1. The number of rotatable bonds is 7. The van der Waals surface area contributed by atoms with Gasteiger partial charge in [-0.3, -0.25) is 14.2 Å². The fraction of sp³-hybridized carbons (Fsp3) is 0.320. The number of hydrogen-bond acceptors (Lipinski definition) is 6. The molecule has 5 rings (SSSR count). The third-order valence-corrected chi connectivity index (χ3v) is 7.19. The lowest BCUT2D eigenvalue weighted by Gasteiger charge is -2.17. The van der Waals surface area contributed by atoms with Gasteiger partial charge in [-0.25, -0.2) is 9.37 Å². The number of amides is 1. The minimum absolute atomic E-state index is 0.0685. The highest BCUT2D eigenvalue weighted by Gasteiger charge is 2.23. The van der Waals surface area contributed by atoms with Gasteiger partial charge in [-0.15, -0.1) is 0 Å². The lowest BCUT2D eigenvalue weighted by molar-refractivity contribution is -0.121. The molecule has 1 aliphatic heterocycles. The molecule has 182 valence electrons. The topological polar surface area (TPSA) is 87.4 Å². The molecule has 0 bridgehead atoms. The maximum atomic E-state index is 14.1. The van der Waals surface area contributed by atoms with Gasteiger partial charge in [-0.2, -0.15) is 0 Å². The Balaban J connectivity index is 1.41. The van der Waals surface area contributed by atoms with Crippen molar-refractivity contribution in [3.8, 4) is 11.5 Å². The quantitative estimate of drug-likeness (QED) is 0.395. The fourth-order valence-electron chi connectivity index (χ4n) is 4.45. The molecule has 0 aliphatic carbocycles. The van der Waals surface area contributed by atoms with Crippen LogP contribution in [0.2, 0.25) is 0 Å². The molecular formula is C25H25FN4O4S. The smallest absolute Gasteiger partial charge is 0.278 e. The number of fused-ring (bicyclic) bond motifs is 4. The SMILES string of the molecule is COc1ccc(CCNC(=O)Cn2c3ccc(F)cc3c3nc4n(c(=O)c32)CCCS4)cc1OC. The summed E-state index contributed by atoms with van der Waals surface area (Å²) in [6.07, 6.45) is 1.47. The second-order valence-electron chi connectivity index (χ2n) is 8.29. The van der Waals surface area contributed by atoms with Crippen LogP contribution in [0.5, 0.6) is 11.5 Å². The normalized spacial score (nSPS) is 13.1. The van der Waals surface area contributed by atoms with E-state index in [0.29, 0.717) is 58.1 Å². The van der Waals surface area contributed by atoms with Crippen LogP contribution in [0.15, 0.2) is 46.3 Å². The van der Waals surface area contributed by atoms with E-state index in [2.05, 4.69) is 5.32 Å². The summed E-state index contributed by atoms with van der Waals surface area (Å²) in [7, 11) is 3.16. The summed E-state index contributed by atoms with van der Waals surface area (Å²) < 4.78 is 28.0. The summed E-state index contributed by atoms with van der Waals surface area (Å²) in [6.45, 7) is 0.918. The number of methoxy groups -OCH3 is 2. The molecule has 8 nitrogen and oxygen atoms in total. The number of hydrogen-bond donors (Lipinski definition) is 1. The second-order valence-corrected chi connectivity index (χ2v) is 9.35. The average Bonchev–Trinajstić information content (AvgIpc) is 3.16. The molecule has 0 fully saturated rings. The molecule has 0 saturated carbocycles. The summed E-state index contributed by atoms with van der Waals surface area (Å²) in [5.41, 5.74) is 2.15. The van der Waals surface area contributed by atoms with Crippen molar-refractivity contribution >= 4 is 39.6 Å². The lowest BCUT2D eigenvalue weighted by Crippen LogP contribution is -2.31. The van der Waals surface area contributed by atoms with Crippen LogP contribution < -0.4 is 20.3 Å². The summed E-state index contributed by atoms with van der Waals surface area (Å²) >= 11 is 1.52. The molecule has 1 N–H and O–H groups in total. The van der Waals surface area contributed by atoms with Gasteiger partial charge >= 0.3 is 0 Å². The Kier molecular flexibility index (Phi) is 6.38. The molecule has 2 aromatic heterocycles. The van der Waals surface area contributed by atoms with E-state index in [-0.39, 0.29) is 18.0 Å². The minimum atomic E-state index is -0.414. The van der Waals surface area contributed by atoms with Crippen LogP contribution in [0.3, 0.4) is 0 Å². The predicted molar refractivity (Wildman–Crippen MR) is 133 cm³/mol. The Morgan fingerprint density at radius 3 is 2.80 bits per heavy atom. The van der Waals surface area contributed by atoms with Crippen LogP contribution in [-0.2, 0) is 24.3 Å². The first-order valence-electron chi connectivity index (χ1n) is 11.3. The van der Waals surface area contributed by atoms with Crippen LogP contribution in [0.25, 0.3) is 21.9 Å². The summed E-state index contributed by atoms with van der Waals surface area (Å²) in [5, 5.41) is 4.09. The maximum Gasteiger partial charge on any atom is 0.278 e.